The van der Waals surface area contributed by atoms with Crippen molar-refractivity contribution in [2.45, 2.75) is 261 Å². The van der Waals surface area contributed by atoms with E-state index in [1.807, 2.05) is 6.08 Å². The molecule has 0 aliphatic carbocycles. The number of carbonyl (C=O) groups excluding carboxylic acids is 1. The summed E-state index contributed by atoms with van der Waals surface area (Å²) in [5.41, 5.74) is 0. The summed E-state index contributed by atoms with van der Waals surface area (Å²) in [6, 6.07) is -0.958. The molecule has 0 spiro atoms. The molecular formula is C63H105NO13. The summed E-state index contributed by atoms with van der Waals surface area (Å²) in [5, 5.41) is 87.0. The number of nitrogens with one attached hydrogen (secondary N) is 1. The second-order valence-electron chi connectivity index (χ2n) is 20.4. The molecule has 2 saturated heterocycles. The van der Waals surface area contributed by atoms with Gasteiger partial charge in [-0.3, -0.25) is 4.79 Å². The Labute approximate surface area is 464 Å². The number of rotatable bonds is 45. The Morgan fingerprint density at radius 1 is 0.481 bits per heavy atom. The van der Waals surface area contributed by atoms with Crippen LogP contribution in [-0.4, -0.2) is 140 Å². The predicted octanol–water partition coefficient (Wildman–Crippen LogP) is 10.1. The van der Waals surface area contributed by atoms with Crippen LogP contribution in [0.5, 0.6) is 0 Å². The number of aliphatic hydroxyl groups is 8. The standard InChI is InChI=1S/C63H105NO13/c1-3-5-7-9-11-13-15-17-19-21-23-24-25-26-27-28-29-31-33-35-37-39-41-43-45-47-55(68)64-51(52(67)46-44-42-40-38-36-34-32-30-22-20-18-16-14-12-10-8-6-4-2)50-74-62-60(73)58(71)61(54(49-66)76-62)77-63-59(72)57(70)56(69)53(48-65)75-63/h5,7,11,13,17,19,23-24,26-27,29,31,35-38,44,46,51-54,56-63,65-67,69-73H,3-4,6,8-10,12,14-16,18,20-22,25,28,30,32-34,39-43,45,47-50H2,1-2H3,(H,64,68)/b7-5-,13-11-,19-17-,24-23-,27-26-,31-29-,37-35-,38-36+,46-44+. The van der Waals surface area contributed by atoms with Gasteiger partial charge in [-0.05, 0) is 89.9 Å². The van der Waals surface area contributed by atoms with Crippen molar-refractivity contribution in [2.24, 2.45) is 0 Å². The molecule has 0 aromatic rings. The summed E-state index contributed by atoms with van der Waals surface area (Å²) in [5.74, 6) is -0.286. The number of hydrogen-bond donors (Lipinski definition) is 9. The number of unbranched alkanes of at least 4 members (excludes halogenated alkanes) is 16. The minimum atomic E-state index is -1.80. The Hall–Kier alpha value is -3.35. The maximum atomic E-state index is 13.2. The van der Waals surface area contributed by atoms with E-state index in [2.05, 4.69) is 116 Å². The van der Waals surface area contributed by atoms with E-state index in [0.717, 1.165) is 77.0 Å². The van der Waals surface area contributed by atoms with Crippen LogP contribution in [0.25, 0.3) is 0 Å². The normalized spacial score (nSPS) is 25.5. The number of carbonyl (C=O) groups is 1. The molecule has 14 nitrogen and oxygen atoms in total. The fourth-order valence-corrected chi connectivity index (χ4v) is 8.93. The van der Waals surface area contributed by atoms with Crippen LogP contribution in [0.3, 0.4) is 0 Å². The van der Waals surface area contributed by atoms with Crippen molar-refractivity contribution in [3.63, 3.8) is 0 Å². The van der Waals surface area contributed by atoms with Gasteiger partial charge < -0.3 is 65.1 Å². The fraction of sp³-hybridized carbons (Fsp3) is 0.698. The Balaban J connectivity index is 1.81. The minimum absolute atomic E-state index is 0.226. The monoisotopic (exact) mass is 1080 g/mol. The minimum Gasteiger partial charge on any atom is -0.394 e. The fourth-order valence-electron chi connectivity index (χ4n) is 8.93. The van der Waals surface area contributed by atoms with Crippen LogP contribution in [0.2, 0.25) is 0 Å². The summed E-state index contributed by atoms with van der Waals surface area (Å²) in [7, 11) is 0. The van der Waals surface area contributed by atoms with E-state index in [9.17, 15) is 45.6 Å². The van der Waals surface area contributed by atoms with Gasteiger partial charge >= 0.3 is 0 Å². The molecule has 0 aromatic carbocycles. The van der Waals surface area contributed by atoms with Crippen molar-refractivity contribution in [2.75, 3.05) is 19.8 Å². The molecule has 2 aliphatic heterocycles. The molecule has 0 radical (unpaired) electrons. The first kappa shape index (κ1) is 69.8. The van der Waals surface area contributed by atoms with E-state index >= 15 is 0 Å². The molecule has 12 atom stereocenters. The van der Waals surface area contributed by atoms with Gasteiger partial charge in [0.15, 0.2) is 12.6 Å². The second kappa shape index (κ2) is 47.5. The van der Waals surface area contributed by atoms with Gasteiger partial charge in [0.25, 0.3) is 0 Å². The molecule has 12 unspecified atom stereocenters. The quantitative estimate of drug-likeness (QED) is 0.0205. The Bertz CT molecular complexity index is 1700. The lowest BCUT2D eigenvalue weighted by Crippen LogP contribution is -2.65. The molecule has 0 saturated carbocycles. The average Bonchev–Trinajstić information content (AvgIpc) is 3.44. The summed E-state index contributed by atoms with van der Waals surface area (Å²) in [6.45, 7) is 2.63. The second-order valence-corrected chi connectivity index (χ2v) is 20.4. The first-order chi connectivity index (χ1) is 37.6. The van der Waals surface area contributed by atoms with Gasteiger partial charge in [0.2, 0.25) is 5.91 Å². The van der Waals surface area contributed by atoms with Crippen LogP contribution >= 0.6 is 0 Å². The van der Waals surface area contributed by atoms with Crippen LogP contribution in [0.1, 0.15) is 187 Å². The highest BCUT2D eigenvalue weighted by molar-refractivity contribution is 5.76. The molecule has 1 amide bonds. The van der Waals surface area contributed by atoms with Gasteiger partial charge in [-0.15, -0.1) is 0 Å². The van der Waals surface area contributed by atoms with Gasteiger partial charge in [0, 0.05) is 6.42 Å². The van der Waals surface area contributed by atoms with Gasteiger partial charge in [-0.25, -0.2) is 0 Å². The highest BCUT2D eigenvalue weighted by atomic mass is 16.7. The lowest BCUT2D eigenvalue weighted by molar-refractivity contribution is -0.359. The van der Waals surface area contributed by atoms with E-state index in [0.29, 0.717) is 12.8 Å². The Morgan fingerprint density at radius 2 is 0.909 bits per heavy atom. The van der Waals surface area contributed by atoms with Crippen molar-refractivity contribution in [1.29, 1.82) is 0 Å². The third-order valence-electron chi connectivity index (χ3n) is 13.7. The molecule has 0 aromatic heterocycles. The van der Waals surface area contributed by atoms with Crippen LogP contribution in [-0.2, 0) is 23.7 Å². The van der Waals surface area contributed by atoms with Gasteiger partial charge in [-0.1, -0.05) is 200 Å². The van der Waals surface area contributed by atoms with Crippen LogP contribution in [0.15, 0.2) is 109 Å². The zero-order valence-corrected chi connectivity index (χ0v) is 47.2. The Morgan fingerprint density at radius 3 is 1.43 bits per heavy atom. The van der Waals surface area contributed by atoms with Crippen LogP contribution in [0.4, 0.5) is 0 Å². The lowest BCUT2D eigenvalue weighted by Gasteiger charge is -2.46. The molecule has 2 aliphatic rings. The van der Waals surface area contributed by atoms with E-state index in [1.165, 1.54) is 77.0 Å². The van der Waals surface area contributed by atoms with E-state index in [1.54, 1.807) is 6.08 Å². The third kappa shape index (κ3) is 33.1. The molecule has 2 heterocycles. The smallest absolute Gasteiger partial charge is 0.220 e. The van der Waals surface area contributed by atoms with E-state index < -0.39 is 86.8 Å². The highest BCUT2D eigenvalue weighted by Gasteiger charge is 2.51. The maximum absolute atomic E-state index is 13.2. The molecule has 14 heteroatoms. The number of ether oxygens (including phenoxy) is 4. The lowest BCUT2D eigenvalue weighted by atomic mass is 9.97. The van der Waals surface area contributed by atoms with Crippen molar-refractivity contribution in [1.82, 2.24) is 5.32 Å². The summed E-state index contributed by atoms with van der Waals surface area (Å²) in [4.78, 5) is 13.2. The zero-order valence-electron chi connectivity index (χ0n) is 47.2. The molecule has 77 heavy (non-hydrogen) atoms. The zero-order chi connectivity index (χ0) is 56.0. The third-order valence-corrected chi connectivity index (χ3v) is 13.7. The maximum Gasteiger partial charge on any atom is 0.220 e. The highest BCUT2D eigenvalue weighted by Crippen LogP contribution is 2.30. The van der Waals surface area contributed by atoms with Gasteiger partial charge in [-0.2, -0.15) is 0 Å². The number of amides is 1. The van der Waals surface area contributed by atoms with Crippen LogP contribution in [0, 0.1) is 0 Å². The van der Waals surface area contributed by atoms with E-state index in [-0.39, 0.29) is 18.9 Å². The molecule has 2 fully saturated rings. The van der Waals surface area contributed by atoms with Crippen LogP contribution < -0.4 is 5.32 Å². The first-order valence-electron chi connectivity index (χ1n) is 29.6. The number of hydrogen-bond acceptors (Lipinski definition) is 13. The van der Waals surface area contributed by atoms with Crippen molar-refractivity contribution in [3.05, 3.63) is 109 Å². The Kier molecular flexibility index (Phi) is 43.0. The van der Waals surface area contributed by atoms with Crippen molar-refractivity contribution < 1.29 is 64.6 Å². The summed E-state index contributed by atoms with van der Waals surface area (Å²) in [6.07, 6.45) is 49.8. The molecule has 440 valence electrons. The molecule has 0 bridgehead atoms. The molecule has 9 N–H and O–H groups in total. The predicted molar refractivity (Wildman–Crippen MR) is 309 cm³/mol. The van der Waals surface area contributed by atoms with Gasteiger partial charge in [0.1, 0.15) is 48.8 Å². The molecule has 2 rings (SSSR count). The van der Waals surface area contributed by atoms with E-state index in [4.69, 9.17) is 18.9 Å². The van der Waals surface area contributed by atoms with Gasteiger partial charge in [0.05, 0.1) is 32.0 Å². The number of aliphatic hydroxyl groups excluding tert-OH is 8. The summed E-state index contributed by atoms with van der Waals surface area (Å²) >= 11 is 0. The average molecular weight is 1080 g/mol. The largest absolute Gasteiger partial charge is 0.394 e. The van der Waals surface area contributed by atoms with Crippen molar-refractivity contribution >= 4 is 5.91 Å². The van der Waals surface area contributed by atoms with Crippen molar-refractivity contribution in [3.8, 4) is 0 Å². The summed E-state index contributed by atoms with van der Waals surface area (Å²) < 4.78 is 22.7. The topological polar surface area (TPSA) is 228 Å². The first-order valence-corrected chi connectivity index (χ1v) is 29.6. The number of allylic oxidation sites excluding steroid dienone is 17. The SMILES string of the molecule is CC/C=C\C/C=C\C/C=C\C/C=C\C/C=C\C/C=C\C/C=C\CCCCCC(=O)NC(COC1OC(CO)C(OC2OC(CO)C(O)C(O)C2O)C(O)C1O)C(O)/C=C/CC/C=C/CCCCCCCCCCCCCC. The molecular weight excluding hydrogens is 979 g/mol.